The van der Waals surface area contributed by atoms with Crippen molar-refractivity contribution in [1.82, 2.24) is 0 Å². The number of carbonyl (C=O) groups excluding carboxylic acids is 1. The van der Waals surface area contributed by atoms with Crippen LogP contribution in [0.2, 0.25) is 0 Å². The van der Waals surface area contributed by atoms with Crippen molar-refractivity contribution in [3.63, 3.8) is 0 Å². The highest BCUT2D eigenvalue weighted by atomic mass is 16.7. The van der Waals surface area contributed by atoms with Gasteiger partial charge in [0.15, 0.2) is 6.29 Å². The van der Waals surface area contributed by atoms with Crippen LogP contribution in [0, 0.1) is 0 Å². The van der Waals surface area contributed by atoms with Gasteiger partial charge in [-0.05, 0) is 12.8 Å². The predicted molar refractivity (Wildman–Crippen MR) is 102 cm³/mol. The largest absolute Gasteiger partial charge is 0.463 e. The Bertz CT molecular complexity index is 319. The Morgan fingerprint density at radius 1 is 0.880 bits per heavy atom. The second kappa shape index (κ2) is 15.6. The number of hydrogen-bond donors (Lipinski definition) is 0. The number of rotatable bonds is 16. The van der Waals surface area contributed by atoms with Crippen LogP contribution in [-0.2, 0) is 19.0 Å². The molecule has 1 fully saturated rings. The summed E-state index contributed by atoms with van der Waals surface area (Å²) in [6.07, 6.45) is 18.5. The van der Waals surface area contributed by atoms with Crippen molar-refractivity contribution in [3.8, 4) is 0 Å². The fraction of sp³-hybridized carbons (Fsp3) is 0.952. The monoisotopic (exact) mass is 356 g/mol. The van der Waals surface area contributed by atoms with E-state index in [9.17, 15) is 4.79 Å². The molecule has 0 spiro atoms. The summed E-state index contributed by atoms with van der Waals surface area (Å²) in [6, 6.07) is 0. The lowest BCUT2D eigenvalue weighted by molar-refractivity contribution is -0.145. The molecule has 4 nitrogen and oxygen atoms in total. The molecule has 0 aliphatic carbocycles. The minimum absolute atomic E-state index is 0.0872. The minimum atomic E-state index is -0.261. The van der Waals surface area contributed by atoms with Crippen molar-refractivity contribution >= 4 is 5.97 Å². The van der Waals surface area contributed by atoms with Gasteiger partial charge in [0.2, 0.25) is 0 Å². The van der Waals surface area contributed by atoms with Gasteiger partial charge in [-0.2, -0.15) is 0 Å². The highest BCUT2D eigenvalue weighted by Crippen LogP contribution is 2.19. The third-order valence-corrected chi connectivity index (χ3v) is 4.83. The first-order valence-electron chi connectivity index (χ1n) is 10.6. The molecule has 0 bridgehead atoms. The highest BCUT2D eigenvalue weighted by Gasteiger charge is 2.26. The van der Waals surface area contributed by atoms with Gasteiger partial charge < -0.3 is 14.2 Å². The Hall–Kier alpha value is -0.610. The smallest absolute Gasteiger partial charge is 0.302 e. The number of esters is 1. The van der Waals surface area contributed by atoms with E-state index in [2.05, 4.69) is 6.92 Å². The van der Waals surface area contributed by atoms with Crippen LogP contribution in [0.5, 0.6) is 0 Å². The Kier molecular flexibility index (Phi) is 14.0. The predicted octanol–water partition coefficient (Wildman–Crippen LogP) is 5.77. The van der Waals surface area contributed by atoms with Crippen molar-refractivity contribution in [3.05, 3.63) is 0 Å². The zero-order chi connectivity index (χ0) is 18.2. The fourth-order valence-electron chi connectivity index (χ4n) is 3.29. The molecule has 0 amide bonds. The third-order valence-electron chi connectivity index (χ3n) is 4.83. The first-order chi connectivity index (χ1) is 12.2. The molecule has 1 rings (SSSR count). The molecule has 148 valence electrons. The van der Waals surface area contributed by atoms with Crippen LogP contribution < -0.4 is 0 Å². The summed E-state index contributed by atoms with van der Waals surface area (Å²) in [4.78, 5) is 10.8. The van der Waals surface area contributed by atoms with Crippen LogP contribution in [0.25, 0.3) is 0 Å². The van der Waals surface area contributed by atoms with E-state index in [-0.39, 0.29) is 18.4 Å². The summed E-state index contributed by atoms with van der Waals surface area (Å²) < 4.78 is 16.3. The standard InChI is InChI=1S/C21H40O4/c1-3-4-5-6-7-8-9-10-11-12-13-14-15-16-21-24-18-20(25-21)17-23-19(2)22/h20-21H,3-18H2,1-2H3. The summed E-state index contributed by atoms with van der Waals surface area (Å²) in [5, 5.41) is 0. The van der Waals surface area contributed by atoms with Gasteiger partial charge in [0.05, 0.1) is 6.61 Å². The lowest BCUT2D eigenvalue weighted by Gasteiger charge is -2.11. The highest BCUT2D eigenvalue weighted by molar-refractivity contribution is 5.65. The van der Waals surface area contributed by atoms with Crippen LogP contribution in [-0.4, -0.2) is 31.6 Å². The molecule has 0 N–H and O–H groups in total. The normalized spacial score (nSPS) is 20.1. The zero-order valence-corrected chi connectivity index (χ0v) is 16.6. The summed E-state index contributed by atoms with van der Waals surface area (Å²) in [6.45, 7) is 4.54. The van der Waals surface area contributed by atoms with Gasteiger partial charge in [-0.3, -0.25) is 4.79 Å². The molecule has 1 aliphatic heterocycles. The van der Waals surface area contributed by atoms with E-state index in [4.69, 9.17) is 14.2 Å². The van der Waals surface area contributed by atoms with Crippen LogP contribution in [0.3, 0.4) is 0 Å². The Balaban J connectivity index is 1.78. The minimum Gasteiger partial charge on any atom is -0.463 e. The van der Waals surface area contributed by atoms with Gasteiger partial charge in [-0.1, -0.05) is 84.0 Å². The van der Waals surface area contributed by atoms with Crippen LogP contribution >= 0.6 is 0 Å². The zero-order valence-electron chi connectivity index (χ0n) is 16.6. The van der Waals surface area contributed by atoms with Crippen molar-refractivity contribution in [2.75, 3.05) is 13.2 Å². The number of carbonyl (C=O) groups is 1. The van der Waals surface area contributed by atoms with Crippen molar-refractivity contribution in [2.45, 2.75) is 116 Å². The molecule has 0 aromatic carbocycles. The molecule has 1 heterocycles. The second-order valence-corrected chi connectivity index (χ2v) is 7.35. The molecule has 2 unspecified atom stereocenters. The van der Waals surface area contributed by atoms with Gasteiger partial charge in [0, 0.05) is 6.92 Å². The Morgan fingerprint density at radius 3 is 1.92 bits per heavy atom. The molecule has 25 heavy (non-hydrogen) atoms. The average molecular weight is 357 g/mol. The van der Waals surface area contributed by atoms with Gasteiger partial charge in [-0.25, -0.2) is 0 Å². The van der Waals surface area contributed by atoms with E-state index in [1.54, 1.807) is 0 Å². The number of hydrogen-bond acceptors (Lipinski definition) is 4. The summed E-state index contributed by atoms with van der Waals surface area (Å²) in [5.74, 6) is -0.261. The maximum atomic E-state index is 10.8. The van der Waals surface area contributed by atoms with Gasteiger partial charge in [-0.15, -0.1) is 0 Å². The molecule has 2 atom stereocenters. The van der Waals surface area contributed by atoms with Crippen LogP contribution in [0.15, 0.2) is 0 Å². The summed E-state index contributed by atoms with van der Waals surface area (Å²) in [5.41, 5.74) is 0. The van der Waals surface area contributed by atoms with Crippen molar-refractivity contribution in [2.24, 2.45) is 0 Å². The first kappa shape index (κ1) is 22.4. The van der Waals surface area contributed by atoms with E-state index < -0.39 is 0 Å². The van der Waals surface area contributed by atoms with Gasteiger partial charge in [0.1, 0.15) is 12.7 Å². The maximum Gasteiger partial charge on any atom is 0.302 e. The lowest BCUT2D eigenvalue weighted by Crippen LogP contribution is -2.20. The van der Waals surface area contributed by atoms with E-state index in [1.165, 1.54) is 84.0 Å². The first-order valence-corrected chi connectivity index (χ1v) is 10.6. The van der Waals surface area contributed by atoms with Crippen LogP contribution in [0.4, 0.5) is 0 Å². The molecule has 0 aromatic rings. The van der Waals surface area contributed by atoms with Gasteiger partial charge in [0.25, 0.3) is 0 Å². The third kappa shape index (κ3) is 13.3. The average Bonchev–Trinajstić information content (AvgIpc) is 3.05. The second-order valence-electron chi connectivity index (χ2n) is 7.35. The number of ether oxygens (including phenoxy) is 3. The van der Waals surface area contributed by atoms with E-state index in [1.807, 2.05) is 0 Å². The molecule has 0 aromatic heterocycles. The van der Waals surface area contributed by atoms with Gasteiger partial charge >= 0.3 is 5.97 Å². The topological polar surface area (TPSA) is 44.8 Å². The molecule has 1 aliphatic rings. The number of unbranched alkanes of at least 4 members (excludes halogenated alkanes) is 12. The Labute approximate surface area is 155 Å². The fourth-order valence-corrected chi connectivity index (χ4v) is 3.29. The lowest BCUT2D eigenvalue weighted by atomic mass is 10.0. The molecule has 0 saturated carbocycles. The molecule has 4 heteroatoms. The van der Waals surface area contributed by atoms with Crippen molar-refractivity contribution in [1.29, 1.82) is 0 Å². The van der Waals surface area contributed by atoms with Crippen LogP contribution in [0.1, 0.15) is 104 Å². The molecule has 1 saturated heterocycles. The molecular formula is C21H40O4. The van der Waals surface area contributed by atoms with E-state index >= 15 is 0 Å². The molecule has 0 radical (unpaired) electrons. The van der Waals surface area contributed by atoms with Crippen molar-refractivity contribution < 1.29 is 19.0 Å². The Morgan fingerprint density at radius 2 is 1.40 bits per heavy atom. The molecular weight excluding hydrogens is 316 g/mol. The quantitative estimate of drug-likeness (QED) is 0.260. The summed E-state index contributed by atoms with van der Waals surface area (Å²) >= 11 is 0. The SMILES string of the molecule is CCCCCCCCCCCCCCCC1OCC(COC(C)=O)O1. The maximum absolute atomic E-state index is 10.8. The van der Waals surface area contributed by atoms with E-state index in [0.717, 1.165) is 12.8 Å². The summed E-state index contributed by atoms with van der Waals surface area (Å²) in [7, 11) is 0. The van der Waals surface area contributed by atoms with E-state index in [0.29, 0.717) is 13.2 Å².